The second-order valence-electron chi connectivity index (χ2n) is 9.27. The van der Waals surface area contributed by atoms with Crippen LogP contribution >= 0.6 is 11.3 Å². The summed E-state index contributed by atoms with van der Waals surface area (Å²) < 4.78 is 52.2. The lowest BCUT2D eigenvalue weighted by Crippen LogP contribution is -2.42. The molecule has 196 valence electrons. The molecule has 2 aliphatic rings. The maximum atomic E-state index is 13.1. The summed E-state index contributed by atoms with van der Waals surface area (Å²) in [5.74, 6) is -0.216. The molecule has 0 bridgehead atoms. The van der Waals surface area contributed by atoms with Gasteiger partial charge in [-0.2, -0.15) is 13.2 Å². The van der Waals surface area contributed by atoms with Gasteiger partial charge in [-0.25, -0.2) is 4.98 Å². The lowest BCUT2D eigenvalue weighted by Gasteiger charge is -2.31. The molecular weight excluding hydrogens is 507 g/mol. The molecule has 0 radical (unpaired) electrons. The van der Waals surface area contributed by atoms with Crippen LogP contribution in [0.3, 0.4) is 0 Å². The predicted molar refractivity (Wildman–Crippen MR) is 130 cm³/mol. The number of alkyl halides is 3. The Balaban J connectivity index is 1.19. The van der Waals surface area contributed by atoms with E-state index in [2.05, 4.69) is 0 Å². The first-order valence-corrected chi connectivity index (χ1v) is 12.9. The molecule has 5 rings (SSSR count). The zero-order chi connectivity index (χ0) is 26.2. The molecule has 0 saturated carbocycles. The van der Waals surface area contributed by atoms with E-state index in [1.54, 1.807) is 4.90 Å². The summed E-state index contributed by atoms with van der Waals surface area (Å²) in [4.78, 5) is 31.6. The van der Waals surface area contributed by atoms with Gasteiger partial charge in [0.15, 0.2) is 0 Å². The molecular formula is C26H26F3N3O4S. The average Bonchev–Trinajstić information content (AvgIpc) is 3.26. The van der Waals surface area contributed by atoms with Crippen LogP contribution in [0, 0.1) is 6.92 Å². The highest BCUT2D eigenvalue weighted by molar-refractivity contribution is 7.09. The number of hydrogen-bond donors (Lipinski definition) is 0. The number of nitrogens with zero attached hydrogens (tertiary/aromatic N) is 3. The number of halogens is 3. The number of hydrogen-bond acceptors (Lipinski definition) is 6. The number of carbonyl (C=O) groups excluding carboxylic acids is 1. The number of aryl methyl sites for hydroxylation is 1. The van der Waals surface area contributed by atoms with E-state index in [1.807, 2.05) is 29.6 Å². The van der Waals surface area contributed by atoms with Crippen molar-refractivity contribution in [3.8, 4) is 0 Å². The average molecular weight is 534 g/mol. The molecule has 0 aliphatic carbocycles. The highest BCUT2D eigenvalue weighted by Crippen LogP contribution is 2.34. The summed E-state index contributed by atoms with van der Waals surface area (Å²) in [7, 11) is 0. The number of likely N-dealkylation sites (tertiary alicyclic amines) is 1. The number of amides is 1. The van der Waals surface area contributed by atoms with Gasteiger partial charge in [-0.1, -0.05) is 24.3 Å². The SMILES string of the molecule is Cc1ccc(C(F)(F)F)c(=O)n1CC(=O)N1CCC(c2nc(C3OCc4ccccc4CO3)cs2)CC1. The smallest absolute Gasteiger partial charge is 0.342 e. The standard InChI is InChI=1S/C26H26F3N3O4S/c1-16-6-7-20(26(27,28)29)24(34)32(16)12-22(33)31-10-8-17(9-11-31)23-30-21(15-37-23)25-35-13-18-4-2-3-5-19(18)14-36-25/h2-7,15,17,25H,8-14H2,1H3. The molecule has 1 aromatic carbocycles. The predicted octanol–water partition coefficient (Wildman–Crippen LogP) is 4.78. The van der Waals surface area contributed by atoms with Crippen LogP contribution in [-0.4, -0.2) is 33.4 Å². The molecule has 0 N–H and O–H groups in total. The fourth-order valence-corrected chi connectivity index (χ4v) is 5.67. The first kappa shape index (κ1) is 25.6. The highest BCUT2D eigenvalue weighted by atomic mass is 32.1. The molecule has 0 unspecified atom stereocenters. The topological polar surface area (TPSA) is 73.7 Å². The Morgan fingerprint density at radius 1 is 1.08 bits per heavy atom. The van der Waals surface area contributed by atoms with Crippen molar-refractivity contribution in [3.05, 3.63) is 85.2 Å². The van der Waals surface area contributed by atoms with Crippen LogP contribution in [0.4, 0.5) is 13.2 Å². The normalized spacial score (nSPS) is 17.5. The van der Waals surface area contributed by atoms with E-state index in [9.17, 15) is 22.8 Å². The fraction of sp³-hybridized carbons (Fsp3) is 0.423. The highest BCUT2D eigenvalue weighted by Gasteiger charge is 2.35. The van der Waals surface area contributed by atoms with Gasteiger partial charge in [-0.05, 0) is 43.0 Å². The second-order valence-corrected chi connectivity index (χ2v) is 10.2. The van der Waals surface area contributed by atoms with Crippen LogP contribution in [0.2, 0.25) is 0 Å². The molecule has 37 heavy (non-hydrogen) atoms. The number of ether oxygens (including phenoxy) is 2. The summed E-state index contributed by atoms with van der Waals surface area (Å²) in [6.45, 7) is 2.88. The number of aromatic nitrogens is 2. The third-order valence-corrected chi connectivity index (χ3v) is 7.89. The summed E-state index contributed by atoms with van der Waals surface area (Å²) in [5.41, 5.74) is 0.764. The van der Waals surface area contributed by atoms with Crippen LogP contribution < -0.4 is 5.56 Å². The number of rotatable bonds is 4. The monoisotopic (exact) mass is 533 g/mol. The Kier molecular flexibility index (Phi) is 7.19. The van der Waals surface area contributed by atoms with Crippen LogP contribution in [-0.2, 0) is 40.2 Å². The molecule has 2 aliphatic heterocycles. The van der Waals surface area contributed by atoms with Crippen molar-refractivity contribution in [2.75, 3.05) is 13.1 Å². The number of thiazole rings is 1. The number of pyridine rings is 1. The van der Waals surface area contributed by atoms with E-state index in [1.165, 1.54) is 24.3 Å². The van der Waals surface area contributed by atoms with Gasteiger partial charge >= 0.3 is 6.18 Å². The Hall–Kier alpha value is -3.02. The minimum atomic E-state index is -4.77. The van der Waals surface area contributed by atoms with Crippen molar-refractivity contribution in [3.63, 3.8) is 0 Å². The van der Waals surface area contributed by atoms with Gasteiger partial charge in [0.2, 0.25) is 12.2 Å². The lowest BCUT2D eigenvalue weighted by molar-refractivity contribution is -0.155. The first-order valence-electron chi connectivity index (χ1n) is 12.0. The van der Waals surface area contributed by atoms with Gasteiger partial charge in [0, 0.05) is 30.1 Å². The van der Waals surface area contributed by atoms with Gasteiger partial charge < -0.3 is 18.9 Å². The van der Waals surface area contributed by atoms with E-state index in [0.717, 1.165) is 32.5 Å². The number of carbonyl (C=O) groups is 1. The maximum absolute atomic E-state index is 13.1. The largest absolute Gasteiger partial charge is 0.421 e. The third-order valence-electron chi connectivity index (χ3n) is 6.87. The molecule has 7 nitrogen and oxygen atoms in total. The first-order chi connectivity index (χ1) is 17.7. The van der Waals surface area contributed by atoms with Crippen molar-refractivity contribution in [1.82, 2.24) is 14.5 Å². The van der Waals surface area contributed by atoms with Crippen molar-refractivity contribution >= 4 is 17.2 Å². The van der Waals surface area contributed by atoms with Crippen LogP contribution in [0.1, 0.15) is 58.1 Å². The van der Waals surface area contributed by atoms with Gasteiger partial charge in [-0.15, -0.1) is 11.3 Å². The molecule has 3 aromatic rings. The van der Waals surface area contributed by atoms with Crippen molar-refractivity contribution in [2.45, 2.75) is 57.9 Å². The number of piperidine rings is 1. The van der Waals surface area contributed by atoms with Crippen molar-refractivity contribution < 1.29 is 27.4 Å². The quantitative estimate of drug-likeness (QED) is 0.483. The fourth-order valence-electron chi connectivity index (χ4n) is 4.68. The van der Waals surface area contributed by atoms with E-state index in [-0.39, 0.29) is 11.8 Å². The summed E-state index contributed by atoms with van der Waals surface area (Å²) in [6.07, 6.45) is -3.97. The Labute approximate surface area is 215 Å². The van der Waals surface area contributed by atoms with Crippen LogP contribution in [0.15, 0.2) is 46.6 Å². The van der Waals surface area contributed by atoms with Gasteiger partial charge in [0.05, 0.1) is 18.2 Å². The second kappa shape index (κ2) is 10.4. The summed E-state index contributed by atoms with van der Waals surface area (Å²) in [5, 5.41) is 2.89. The Morgan fingerprint density at radius 3 is 2.35 bits per heavy atom. The summed E-state index contributed by atoms with van der Waals surface area (Å²) in [6, 6.07) is 9.96. The molecule has 4 heterocycles. The van der Waals surface area contributed by atoms with E-state index in [0.29, 0.717) is 44.8 Å². The van der Waals surface area contributed by atoms with Gasteiger partial charge in [0.1, 0.15) is 17.8 Å². The summed E-state index contributed by atoms with van der Waals surface area (Å²) >= 11 is 1.53. The van der Waals surface area contributed by atoms with Crippen molar-refractivity contribution in [2.24, 2.45) is 0 Å². The molecule has 1 amide bonds. The van der Waals surface area contributed by atoms with Crippen LogP contribution in [0.25, 0.3) is 0 Å². The number of benzene rings is 1. The minimum absolute atomic E-state index is 0.156. The Bertz CT molecular complexity index is 1320. The zero-order valence-electron chi connectivity index (χ0n) is 20.2. The van der Waals surface area contributed by atoms with E-state index in [4.69, 9.17) is 14.5 Å². The van der Waals surface area contributed by atoms with Crippen molar-refractivity contribution in [1.29, 1.82) is 0 Å². The molecule has 11 heteroatoms. The van der Waals surface area contributed by atoms with Gasteiger partial charge in [0.25, 0.3) is 5.56 Å². The maximum Gasteiger partial charge on any atom is 0.421 e. The zero-order valence-corrected chi connectivity index (χ0v) is 21.0. The number of fused-ring (bicyclic) bond motifs is 1. The third kappa shape index (κ3) is 5.48. The molecule has 1 fully saturated rings. The Morgan fingerprint density at radius 2 is 1.73 bits per heavy atom. The molecule has 1 saturated heterocycles. The molecule has 0 atom stereocenters. The molecule has 2 aromatic heterocycles. The van der Waals surface area contributed by atoms with E-state index >= 15 is 0 Å². The minimum Gasteiger partial charge on any atom is -0.342 e. The van der Waals surface area contributed by atoms with E-state index < -0.39 is 30.1 Å². The van der Waals surface area contributed by atoms with Gasteiger partial charge in [-0.3, -0.25) is 9.59 Å². The van der Waals surface area contributed by atoms with Crippen LogP contribution in [0.5, 0.6) is 0 Å². The lowest BCUT2D eigenvalue weighted by atomic mass is 9.97. The molecule has 0 spiro atoms.